The average molecular weight is 240 g/mol. The van der Waals surface area contributed by atoms with Crippen LogP contribution in [0.15, 0.2) is 0 Å². The average Bonchev–Trinajstić information content (AvgIpc) is 2.13. The second kappa shape index (κ2) is 6.45. The molecule has 98 valence electrons. The summed E-state index contributed by atoms with van der Waals surface area (Å²) < 4.78 is 36.4. The lowest BCUT2D eigenvalue weighted by Crippen LogP contribution is -2.40. The summed E-state index contributed by atoms with van der Waals surface area (Å²) in [6.45, 7) is 7.79. The van der Waals surface area contributed by atoms with Crippen molar-refractivity contribution in [2.75, 3.05) is 26.2 Å². The summed E-state index contributed by atoms with van der Waals surface area (Å²) in [5.74, 6) is 0. The summed E-state index contributed by atoms with van der Waals surface area (Å²) in [5.41, 5.74) is 5.46. The van der Waals surface area contributed by atoms with Crippen LogP contribution < -0.4 is 5.73 Å². The summed E-state index contributed by atoms with van der Waals surface area (Å²) in [6, 6.07) is 0. The van der Waals surface area contributed by atoms with E-state index in [1.807, 2.05) is 25.7 Å². The van der Waals surface area contributed by atoms with Gasteiger partial charge in [-0.15, -0.1) is 0 Å². The van der Waals surface area contributed by atoms with E-state index in [9.17, 15) is 13.2 Å². The number of hydrogen-bond donors (Lipinski definition) is 1. The van der Waals surface area contributed by atoms with E-state index in [0.29, 0.717) is 19.6 Å². The zero-order valence-corrected chi connectivity index (χ0v) is 10.4. The van der Waals surface area contributed by atoms with E-state index < -0.39 is 12.6 Å². The van der Waals surface area contributed by atoms with Gasteiger partial charge in [-0.25, -0.2) is 0 Å². The molecule has 5 heteroatoms. The third-order valence-electron chi connectivity index (χ3n) is 2.46. The van der Waals surface area contributed by atoms with Crippen molar-refractivity contribution in [1.82, 2.24) is 4.90 Å². The fourth-order valence-electron chi connectivity index (χ4n) is 1.54. The quantitative estimate of drug-likeness (QED) is 0.741. The summed E-state index contributed by atoms with van der Waals surface area (Å²) in [5, 5.41) is 0. The van der Waals surface area contributed by atoms with Gasteiger partial charge in [-0.05, 0) is 24.9 Å². The van der Waals surface area contributed by atoms with Crippen molar-refractivity contribution in [1.29, 1.82) is 0 Å². The van der Waals surface area contributed by atoms with E-state index in [4.69, 9.17) is 5.73 Å². The molecule has 16 heavy (non-hydrogen) atoms. The fourth-order valence-corrected chi connectivity index (χ4v) is 1.54. The Kier molecular flexibility index (Phi) is 6.33. The molecule has 0 aromatic rings. The minimum Gasteiger partial charge on any atom is -0.330 e. The first kappa shape index (κ1) is 15.7. The number of nitrogens with zero attached hydrogens (tertiary/aromatic N) is 1. The van der Waals surface area contributed by atoms with Gasteiger partial charge < -0.3 is 10.6 Å². The highest BCUT2D eigenvalue weighted by Crippen LogP contribution is 2.21. The molecule has 0 atom stereocenters. The predicted molar refractivity (Wildman–Crippen MR) is 60.2 cm³/mol. The van der Waals surface area contributed by atoms with Gasteiger partial charge in [0.25, 0.3) is 0 Å². The molecule has 0 bridgehead atoms. The largest absolute Gasteiger partial charge is 0.390 e. The van der Waals surface area contributed by atoms with Crippen LogP contribution in [0.3, 0.4) is 0 Å². The minimum atomic E-state index is -4.07. The first-order valence-corrected chi connectivity index (χ1v) is 5.69. The lowest BCUT2D eigenvalue weighted by molar-refractivity contribution is -0.138. The Hall–Kier alpha value is -0.290. The van der Waals surface area contributed by atoms with Crippen LogP contribution in [0.5, 0.6) is 0 Å². The highest BCUT2D eigenvalue weighted by atomic mass is 19.4. The van der Waals surface area contributed by atoms with E-state index in [-0.39, 0.29) is 12.0 Å². The number of nitrogens with two attached hydrogens (primary N) is 1. The molecule has 0 rings (SSSR count). The maximum absolute atomic E-state index is 12.1. The van der Waals surface area contributed by atoms with Gasteiger partial charge in [-0.1, -0.05) is 20.8 Å². The molecule has 0 heterocycles. The first-order chi connectivity index (χ1) is 7.20. The van der Waals surface area contributed by atoms with Crippen LogP contribution in [0, 0.1) is 5.41 Å². The Morgan fingerprint density at radius 3 is 2.06 bits per heavy atom. The summed E-state index contributed by atoms with van der Waals surface area (Å²) in [7, 11) is 0. The molecule has 0 aliphatic carbocycles. The third-order valence-corrected chi connectivity index (χ3v) is 2.46. The van der Waals surface area contributed by atoms with Crippen molar-refractivity contribution in [3.05, 3.63) is 0 Å². The summed E-state index contributed by atoms with van der Waals surface area (Å²) >= 11 is 0. The molecule has 0 saturated carbocycles. The van der Waals surface area contributed by atoms with Gasteiger partial charge in [0.05, 0.1) is 6.42 Å². The van der Waals surface area contributed by atoms with Crippen molar-refractivity contribution in [3.8, 4) is 0 Å². The van der Waals surface area contributed by atoms with Crippen molar-refractivity contribution in [2.24, 2.45) is 11.1 Å². The second-order valence-corrected chi connectivity index (χ2v) is 5.01. The predicted octanol–water partition coefficient (Wildman–Crippen LogP) is 2.64. The molecular formula is C11H23F3N2. The molecule has 0 aliphatic heterocycles. The van der Waals surface area contributed by atoms with Gasteiger partial charge in [0, 0.05) is 13.1 Å². The van der Waals surface area contributed by atoms with Crippen LogP contribution in [0.1, 0.15) is 33.6 Å². The maximum Gasteiger partial charge on any atom is 0.390 e. The van der Waals surface area contributed by atoms with Crippen molar-refractivity contribution in [2.45, 2.75) is 39.8 Å². The fraction of sp³-hybridized carbons (Fsp3) is 1.00. The Morgan fingerprint density at radius 2 is 1.69 bits per heavy atom. The number of rotatable bonds is 7. The molecule has 2 nitrogen and oxygen atoms in total. The number of alkyl halides is 3. The van der Waals surface area contributed by atoms with Crippen molar-refractivity contribution in [3.63, 3.8) is 0 Å². The highest BCUT2D eigenvalue weighted by Gasteiger charge is 2.29. The number of hydrogen-bond acceptors (Lipinski definition) is 2. The Labute approximate surface area is 96.0 Å². The maximum atomic E-state index is 12.1. The van der Waals surface area contributed by atoms with Crippen LogP contribution in [0.4, 0.5) is 13.2 Å². The van der Waals surface area contributed by atoms with Crippen LogP contribution in [-0.4, -0.2) is 37.3 Å². The van der Waals surface area contributed by atoms with Gasteiger partial charge in [-0.2, -0.15) is 13.2 Å². The van der Waals surface area contributed by atoms with Crippen LogP contribution in [0.2, 0.25) is 0 Å². The topological polar surface area (TPSA) is 29.3 Å². The van der Waals surface area contributed by atoms with Gasteiger partial charge >= 0.3 is 6.18 Å². The summed E-state index contributed by atoms with van der Waals surface area (Å²) in [6.07, 6.45) is -3.95. The molecule has 0 saturated heterocycles. The normalized spacial score (nSPS) is 13.5. The van der Waals surface area contributed by atoms with Crippen LogP contribution >= 0.6 is 0 Å². The van der Waals surface area contributed by atoms with Gasteiger partial charge in [0.15, 0.2) is 0 Å². The molecule has 0 aromatic heterocycles. The van der Waals surface area contributed by atoms with Crippen LogP contribution in [0.25, 0.3) is 0 Å². The zero-order chi connectivity index (χ0) is 12.8. The van der Waals surface area contributed by atoms with E-state index in [1.165, 1.54) is 0 Å². The Balaban J connectivity index is 4.17. The van der Waals surface area contributed by atoms with Gasteiger partial charge in [0.1, 0.15) is 0 Å². The van der Waals surface area contributed by atoms with Crippen molar-refractivity contribution < 1.29 is 13.2 Å². The SMILES string of the molecule is CCCN(CCC(F)(F)F)CC(C)(C)CN. The van der Waals surface area contributed by atoms with Crippen molar-refractivity contribution >= 4 is 0 Å². The Bertz CT molecular complexity index is 190. The molecule has 0 spiro atoms. The molecule has 0 amide bonds. The van der Waals surface area contributed by atoms with E-state index >= 15 is 0 Å². The first-order valence-electron chi connectivity index (χ1n) is 5.69. The highest BCUT2D eigenvalue weighted by molar-refractivity contribution is 4.75. The molecule has 0 aromatic carbocycles. The molecular weight excluding hydrogens is 217 g/mol. The van der Waals surface area contributed by atoms with E-state index in [0.717, 1.165) is 6.42 Å². The lowest BCUT2D eigenvalue weighted by atomic mass is 9.93. The Morgan fingerprint density at radius 1 is 1.12 bits per heavy atom. The number of halogens is 3. The monoisotopic (exact) mass is 240 g/mol. The zero-order valence-electron chi connectivity index (χ0n) is 10.4. The molecule has 2 N–H and O–H groups in total. The molecule has 0 radical (unpaired) electrons. The third kappa shape index (κ3) is 7.93. The smallest absolute Gasteiger partial charge is 0.330 e. The minimum absolute atomic E-state index is 0.0702. The standard InChI is InChI=1S/C11H23F3N2/c1-4-6-16(7-5-11(12,13)14)9-10(2,3)8-15/h4-9,15H2,1-3H3. The lowest BCUT2D eigenvalue weighted by Gasteiger charge is -2.31. The van der Waals surface area contributed by atoms with E-state index in [2.05, 4.69) is 0 Å². The van der Waals surface area contributed by atoms with Gasteiger partial charge in [-0.3, -0.25) is 0 Å². The second-order valence-electron chi connectivity index (χ2n) is 5.01. The molecule has 0 fully saturated rings. The van der Waals surface area contributed by atoms with Gasteiger partial charge in [0.2, 0.25) is 0 Å². The molecule has 0 aliphatic rings. The summed E-state index contributed by atoms with van der Waals surface area (Å²) in [4.78, 5) is 1.85. The van der Waals surface area contributed by atoms with Crippen LogP contribution in [-0.2, 0) is 0 Å². The molecule has 0 unspecified atom stereocenters. The van der Waals surface area contributed by atoms with E-state index in [1.54, 1.807) is 0 Å².